The molecule has 120 valence electrons. The normalized spacial score (nSPS) is 16.1. The Hall–Kier alpha value is -1.76. The summed E-state index contributed by atoms with van der Waals surface area (Å²) in [4.78, 5) is 5.74. The van der Waals surface area contributed by atoms with E-state index in [0.717, 1.165) is 10.7 Å². The lowest BCUT2D eigenvalue weighted by Crippen LogP contribution is -2.22. The number of aromatic nitrogens is 2. The molecule has 2 N–H and O–H groups in total. The Bertz CT molecular complexity index is 824. The zero-order valence-electron chi connectivity index (χ0n) is 12.6. The first-order chi connectivity index (χ1) is 11.2. The van der Waals surface area contributed by atoms with Crippen LogP contribution in [-0.2, 0) is 6.54 Å². The number of thiazole rings is 1. The first kappa shape index (κ1) is 14.8. The fraction of sp³-hybridized carbons (Fsp3) is 0.353. The van der Waals surface area contributed by atoms with Gasteiger partial charge in [-0.1, -0.05) is 18.2 Å². The smallest absolute Gasteiger partial charge is 0.194 e. The number of imidazole rings is 1. The molecule has 0 radical (unpaired) electrons. The Morgan fingerprint density at radius 2 is 2.22 bits per heavy atom. The second kappa shape index (κ2) is 6.03. The number of fused-ring (bicyclic) bond motifs is 1. The fourth-order valence-corrected chi connectivity index (χ4v) is 3.63. The van der Waals surface area contributed by atoms with Crippen LogP contribution in [0.1, 0.15) is 41.8 Å². The van der Waals surface area contributed by atoms with E-state index in [-0.39, 0.29) is 5.82 Å². The van der Waals surface area contributed by atoms with Gasteiger partial charge in [0, 0.05) is 36.1 Å². The second-order valence-corrected chi connectivity index (χ2v) is 6.81. The zero-order chi connectivity index (χ0) is 15.8. The van der Waals surface area contributed by atoms with Gasteiger partial charge in [-0.3, -0.25) is 4.40 Å². The summed E-state index contributed by atoms with van der Waals surface area (Å²) in [7, 11) is 0. The minimum absolute atomic E-state index is 0.308. The van der Waals surface area contributed by atoms with Gasteiger partial charge in [-0.25, -0.2) is 9.37 Å². The highest BCUT2D eigenvalue weighted by atomic mass is 32.1. The van der Waals surface area contributed by atoms with Crippen molar-refractivity contribution in [1.29, 1.82) is 0 Å². The third-order valence-corrected chi connectivity index (χ3v) is 5.01. The van der Waals surface area contributed by atoms with Crippen molar-refractivity contribution in [2.24, 2.45) is 0 Å². The van der Waals surface area contributed by atoms with Crippen molar-refractivity contribution in [3.63, 3.8) is 0 Å². The number of hydrogen-bond acceptors (Lipinski definition) is 4. The molecule has 0 saturated heterocycles. The van der Waals surface area contributed by atoms with Crippen LogP contribution in [0.4, 0.5) is 4.39 Å². The number of hydrogen-bond donors (Lipinski definition) is 2. The average Bonchev–Trinajstić information content (AvgIpc) is 3.19. The monoisotopic (exact) mass is 331 g/mol. The molecule has 1 aliphatic rings. The van der Waals surface area contributed by atoms with E-state index in [1.807, 2.05) is 11.6 Å². The molecular weight excluding hydrogens is 313 g/mol. The van der Waals surface area contributed by atoms with Crippen molar-refractivity contribution in [3.8, 4) is 0 Å². The topological polar surface area (TPSA) is 49.6 Å². The molecule has 0 bridgehead atoms. The third kappa shape index (κ3) is 2.89. The van der Waals surface area contributed by atoms with Crippen LogP contribution in [0, 0.1) is 5.82 Å². The lowest BCUT2D eigenvalue weighted by Gasteiger charge is -2.13. The summed E-state index contributed by atoms with van der Waals surface area (Å²) in [5.74, 6) is 0.209. The number of rotatable bonds is 6. The van der Waals surface area contributed by atoms with Gasteiger partial charge < -0.3 is 10.4 Å². The first-order valence-corrected chi connectivity index (χ1v) is 8.69. The predicted octanol–water partition coefficient (Wildman–Crippen LogP) is 3.24. The molecule has 4 rings (SSSR count). The maximum atomic E-state index is 13.7. The summed E-state index contributed by atoms with van der Waals surface area (Å²) < 4.78 is 15.8. The predicted molar refractivity (Wildman–Crippen MR) is 88.1 cm³/mol. The van der Waals surface area contributed by atoms with Crippen LogP contribution >= 0.6 is 11.3 Å². The lowest BCUT2D eigenvalue weighted by atomic mass is 10.1. The zero-order valence-corrected chi connectivity index (χ0v) is 13.4. The van der Waals surface area contributed by atoms with Crippen LogP contribution in [0.25, 0.3) is 4.96 Å². The Labute approximate surface area is 137 Å². The molecule has 23 heavy (non-hydrogen) atoms. The maximum absolute atomic E-state index is 13.7. The van der Waals surface area contributed by atoms with Crippen molar-refractivity contribution >= 4 is 16.3 Å². The minimum atomic E-state index is -0.855. The highest BCUT2D eigenvalue weighted by Crippen LogP contribution is 2.41. The first-order valence-electron chi connectivity index (χ1n) is 7.81. The Morgan fingerprint density at radius 1 is 1.39 bits per heavy atom. The van der Waals surface area contributed by atoms with Crippen molar-refractivity contribution in [1.82, 2.24) is 14.7 Å². The van der Waals surface area contributed by atoms with E-state index in [1.165, 1.54) is 24.6 Å². The van der Waals surface area contributed by atoms with E-state index in [1.54, 1.807) is 29.5 Å². The molecule has 2 heterocycles. The molecule has 2 aromatic heterocycles. The summed E-state index contributed by atoms with van der Waals surface area (Å²) in [6.07, 6.45) is 3.58. The van der Waals surface area contributed by atoms with Gasteiger partial charge >= 0.3 is 0 Å². The number of aliphatic hydroxyl groups excluding tert-OH is 1. The molecule has 3 aromatic rings. The molecule has 1 unspecified atom stereocenters. The molecule has 1 saturated carbocycles. The SMILES string of the molecule is OC(CNCc1c(C2CC2)nc2sccn12)c1ccccc1F. The Kier molecular flexibility index (Phi) is 3.88. The van der Waals surface area contributed by atoms with Crippen molar-refractivity contribution in [2.75, 3.05) is 6.54 Å². The molecule has 0 aliphatic heterocycles. The highest BCUT2D eigenvalue weighted by Gasteiger charge is 2.30. The second-order valence-electron chi connectivity index (χ2n) is 5.94. The number of benzene rings is 1. The summed E-state index contributed by atoms with van der Waals surface area (Å²) in [6, 6.07) is 6.35. The van der Waals surface area contributed by atoms with Crippen LogP contribution in [0.3, 0.4) is 0 Å². The van der Waals surface area contributed by atoms with Crippen molar-refractivity contribution < 1.29 is 9.50 Å². The minimum Gasteiger partial charge on any atom is -0.387 e. The van der Waals surface area contributed by atoms with Gasteiger partial charge in [0.05, 0.1) is 17.5 Å². The fourth-order valence-electron chi connectivity index (χ4n) is 2.89. The largest absolute Gasteiger partial charge is 0.387 e. The highest BCUT2D eigenvalue weighted by molar-refractivity contribution is 7.15. The summed E-state index contributed by atoms with van der Waals surface area (Å²) in [6.45, 7) is 0.928. The third-order valence-electron chi connectivity index (χ3n) is 4.25. The van der Waals surface area contributed by atoms with Crippen LogP contribution < -0.4 is 5.32 Å². The van der Waals surface area contributed by atoms with Crippen LogP contribution in [0.15, 0.2) is 35.8 Å². The number of aliphatic hydroxyl groups is 1. The maximum Gasteiger partial charge on any atom is 0.194 e. The van der Waals surface area contributed by atoms with Gasteiger partial charge in [0.1, 0.15) is 5.82 Å². The lowest BCUT2D eigenvalue weighted by molar-refractivity contribution is 0.169. The Balaban J connectivity index is 1.46. The van der Waals surface area contributed by atoms with Gasteiger partial charge in [-0.2, -0.15) is 0 Å². The van der Waals surface area contributed by atoms with Crippen LogP contribution in [-0.4, -0.2) is 21.0 Å². The quantitative estimate of drug-likeness (QED) is 0.729. The standard InChI is InChI=1S/C17H18FN3OS/c18-13-4-2-1-3-12(13)15(22)10-19-9-14-16(11-5-6-11)20-17-21(14)7-8-23-17/h1-4,7-8,11,15,19,22H,5-6,9-10H2. The van der Waals surface area contributed by atoms with E-state index < -0.39 is 6.10 Å². The van der Waals surface area contributed by atoms with Gasteiger partial charge in [-0.05, 0) is 18.9 Å². The van der Waals surface area contributed by atoms with Crippen molar-refractivity contribution in [3.05, 3.63) is 58.6 Å². The summed E-state index contributed by atoms with van der Waals surface area (Å²) in [5, 5.41) is 15.4. The average molecular weight is 331 g/mol. The van der Waals surface area contributed by atoms with E-state index >= 15 is 0 Å². The van der Waals surface area contributed by atoms with E-state index in [0.29, 0.717) is 24.6 Å². The van der Waals surface area contributed by atoms with Crippen LogP contribution in [0.2, 0.25) is 0 Å². The van der Waals surface area contributed by atoms with Gasteiger partial charge in [0.25, 0.3) is 0 Å². The van der Waals surface area contributed by atoms with Crippen molar-refractivity contribution in [2.45, 2.75) is 31.4 Å². The molecule has 1 fully saturated rings. The molecular formula is C17H18FN3OS. The molecule has 1 atom stereocenters. The molecule has 6 heteroatoms. The number of nitrogens with one attached hydrogen (secondary N) is 1. The number of nitrogens with zero attached hydrogens (tertiary/aromatic N) is 2. The van der Waals surface area contributed by atoms with E-state index in [9.17, 15) is 9.50 Å². The van der Waals surface area contributed by atoms with E-state index in [2.05, 4.69) is 9.72 Å². The Morgan fingerprint density at radius 3 is 3.00 bits per heavy atom. The van der Waals surface area contributed by atoms with Gasteiger partial charge in [-0.15, -0.1) is 11.3 Å². The summed E-state index contributed by atoms with van der Waals surface area (Å²) in [5.41, 5.74) is 2.66. The molecule has 1 aromatic carbocycles. The molecule has 4 nitrogen and oxygen atoms in total. The molecule has 0 amide bonds. The van der Waals surface area contributed by atoms with Gasteiger partial charge in [0.15, 0.2) is 4.96 Å². The number of halogens is 1. The molecule has 1 aliphatic carbocycles. The van der Waals surface area contributed by atoms with Gasteiger partial charge in [0.2, 0.25) is 0 Å². The molecule has 0 spiro atoms. The van der Waals surface area contributed by atoms with Crippen LogP contribution in [0.5, 0.6) is 0 Å². The summed E-state index contributed by atoms with van der Waals surface area (Å²) >= 11 is 1.63. The van der Waals surface area contributed by atoms with E-state index in [4.69, 9.17) is 4.98 Å².